The van der Waals surface area contributed by atoms with E-state index in [2.05, 4.69) is 15.6 Å². The number of hydrogen-bond donors (Lipinski definition) is 7. The van der Waals surface area contributed by atoms with Gasteiger partial charge in [-0.15, -0.1) is 0 Å². The van der Waals surface area contributed by atoms with E-state index in [0.717, 1.165) is 0 Å². The molecule has 0 radical (unpaired) electrons. The minimum Gasteiger partial charge on any atom is -0.506 e. The highest BCUT2D eigenvalue weighted by molar-refractivity contribution is 5.95. The summed E-state index contributed by atoms with van der Waals surface area (Å²) >= 11 is 0. The number of phenolic OH excluding ortho intramolecular Hbond substituents is 1. The molecule has 0 saturated carbocycles. The lowest BCUT2D eigenvalue weighted by atomic mass is 9.85. The number of benzene rings is 3. The van der Waals surface area contributed by atoms with Gasteiger partial charge in [0, 0.05) is 35.7 Å². The Balaban J connectivity index is 1.25. The van der Waals surface area contributed by atoms with Crippen molar-refractivity contribution in [1.29, 1.82) is 0 Å². The quantitative estimate of drug-likeness (QED) is 0.133. The van der Waals surface area contributed by atoms with Crippen LogP contribution < -0.4 is 16.2 Å². The number of pyridine rings is 1. The number of carbonyl (C=O) groups is 2. The Kier molecular flexibility index (Phi) is 8.95. The van der Waals surface area contributed by atoms with E-state index in [-0.39, 0.29) is 46.0 Å². The summed E-state index contributed by atoms with van der Waals surface area (Å²) in [7, 11) is 0. The third-order valence-electron chi connectivity index (χ3n) is 6.71. The van der Waals surface area contributed by atoms with Gasteiger partial charge in [0.1, 0.15) is 5.75 Å². The summed E-state index contributed by atoms with van der Waals surface area (Å²) in [5.41, 5.74) is -1.29. The fraction of sp³-hybridized carbons (Fsp3) is 0.233. The van der Waals surface area contributed by atoms with E-state index < -0.39 is 17.7 Å². The first-order chi connectivity index (χ1) is 19.2. The molecular weight excluding hydrogens is 514 g/mol. The number of carboxylic acid groups (broad SMARTS) is 1. The van der Waals surface area contributed by atoms with E-state index >= 15 is 0 Å². The molecule has 4 rings (SSSR count). The molecule has 1 heterocycles. The molecule has 0 saturated heterocycles. The molecule has 4 aromatic rings. The molecule has 1 amide bonds. The average molecular weight is 546 g/mol. The number of aromatic hydroxyl groups is 1. The molecule has 0 bridgehead atoms. The van der Waals surface area contributed by atoms with Crippen LogP contribution in [0.2, 0.25) is 0 Å². The van der Waals surface area contributed by atoms with Crippen molar-refractivity contribution in [3.8, 4) is 5.75 Å². The smallest absolute Gasteiger partial charge is 0.345 e. The number of amides is 1. The summed E-state index contributed by atoms with van der Waals surface area (Å²) in [5.74, 6) is -1.90. The molecule has 10 heteroatoms. The highest BCUT2D eigenvalue weighted by Crippen LogP contribution is 2.31. The Morgan fingerprint density at radius 1 is 0.900 bits per heavy atom. The number of aromatic amines is 1. The number of carboxylic acids is 1. The molecule has 1 unspecified atom stereocenters. The molecule has 7 N–H and O–H groups in total. The van der Waals surface area contributed by atoms with Crippen LogP contribution in [-0.4, -0.2) is 56.9 Å². The third kappa shape index (κ3) is 6.20. The maximum atomic E-state index is 12.7. The Morgan fingerprint density at radius 2 is 1.62 bits per heavy atom. The molecule has 0 aliphatic rings. The molecule has 10 nitrogen and oxygen atoms in total. The standard InChI is InChI=1S/C30H31N3O7/c34-24-13-11-22(23-12-14-26(36)33-27(23)24)25(35)18-31-15-4-5-16-32-28(37)19-7-6-10-21(17-19)30(40,29(38)39)20-8-2-1-3-9-20/h1-3,6-14,17,25,31,34-35,40H,4-5,15-16,18H2,(H,32,37)(H,33,36)(H,38,39)/t25-,30?/m0/s1. The lowest BCUT2D eigenvalue weighted by molar-refractivity contribution is -0.155. The van der Waals surface area contributed by atoms with Crippen molar-refractivity contribution in [2.75, 3.05) is 19.6 Å². The molecule has 40 heavy (non-hydrogen) atoms. The van der Waals surface area contributed by atoms with Crippen LogP contribution in [0.5, 0.6) is 5.75 Å². The van der Waals surface area contributed by atoms with Gasteiger partial charge in [-0.2, -0.15) is 0 Å². The Labute approximate surface area is 229 Å². The molecular formula is C30H31N3O7. The number of aliphatic hydroxyl groups excluding tert-OH is 1. The number of rotatable bonds is 12. The molecule has 1 aromatic heterocycles. The monoisotopic (exact) mass is 545 g/mol. The fourth-order valence-electron chi connectivity index (χ4n) is 4.56. The highest BCUT2D eigenvalue weighted by atomic mass is 16.4. The summed E-state index contributed by atoms with van der Waals surface area (Å²) in [6.45, 7) is 1.22. The second-order valence-corrected chi connectivity index (χ2v) is 9.43. The van der Waals surface area contributed by atoms with Crippen LogP contribution in [-0.2, 0) is 10.4 Å². The first-order valence-electron chi connectivity index (χ1n) is 12.9. The van der Waals surface area contributed by atoms with Crippen molar-refractivity contribution < 1.29 is 30.0 Å². The van der Waals surface area contributed by atoms with Crippen molar-refractivity contribution in [3.63, 3.8) is 0 Å². The minimum absolute atomic E-state index is 0.0702. The average Bonchev–Trinajstić information content (AvgIpc) is 2.96. The number of aromatic nitrogens is 1. The minimum atomic E-state index is -2.29. The number of H-pyrrole nitrogens is 1. The summed E-state index contributed by atoms with van der Waals surface area (Å²) in [6.07, 6.45) is 0.506. The van der Waals surface area contributed by atoms with E-state index in [1.807, 2.05) is 0 Å². The van der Waals surface area contributed by atoms with Gasteiger partial charge in [0.05, 0.1) is 11.6 Å². The van der Waals surface area contributed by atoms with Gasteiger partial charge in [-0.05, 0) is 54.8 Å². The fourth-order valence-corrected chi connectivity index (χ4v) is 4.56. The lowest BCUT2D eigenvalue weighted by Gasteiger charge is -2.25. The largest absolute Gasteiger partial charge is 0.506 e. The van der Waals surface area contributed by atoms with Crippen LogP contribution >= 0.6 is 0 Å². The van der Waals surface area contributed by atoms with Crippen molar-refractivity contribution in [1.82, 2.24) is 15.6 Å². The normalized spacial score (nSPS) is 13.4. The number of hydrogen-bond acceptors (Lipinski definition) is 7. The second-order valence-electron chi connectivity index (χ2n) is 9.43. The van der Waals surface area contributed by atoms with Crippen LogP contribution in [0.15, 0.2) is 83.7 Å². The van der Waals surface area contributed by atoms with Gasteiger partial charge in [0.25, 0.3) is 5.91 Å². The maximum absolute atomic E-state index is 12.7. The molecule has 0 fully saturated rings. The number of nitrogens with one attached hydrogen (secondary N) is 3. The number of aliphatic carboxylic acids is 1. The predicted molar refractivity (Wildman–Crippen MR) is 149 cm³/mol. The molecule has 0 aliphatic heterocycles. The molecule has 2 atom stereocenters. The summed E-state index contributed by atoms with van der Waals surface area (Å²) in [4.78, 5) is 38.8. The van der Waals surface area contributed by atoms with E-state index in [9.17, 15) is 34.8 Å². The zero-order valence-corrected chi connectivity index (χ0v) is 21.6. The maximum Gasteiger partial charge on any atom is 0.345 e. The van der Waals surface area contributed by atoms with Crippen molar-refractivity contribution >= 4 is 22.8 Å². The van der Waals surface area contributed by atoms with Gasteiger partial charge in [-0.1, -0.05) is 48.5 Å². The number of phenols is 1. The highest BCUT2D eigenvalue weighted by Gasteiger charge is 2.40. The van der Waals surface area contributed by atoms with Crippen LogP contribution in [0.3, 0.4) is 0 Å². The third-order valence-corrected chi connectivity index (χ3v) is 6.71. The molecule has 0 aliphatic carbocycles. The Morgan fingerprint density at radius 3 is 2.38 bits per heavy atom. The summed E-state index contributed by atoms with van der Waals surface area (Å²) in [5, 5.41) is 48.0. The lowest BCUT2D eigenvalue weighted by Crippen LogP contribution is -2.37. The van der Waals surface area contributed by atoms with Gasteiger partial charge in [0.15, 0.2) is 0 Å². The van der Waals surface area contributed by atoms with Gasteiger partial charge in [0.2, 0.25) is 11.2 Å². The zero-order valence-electron chi connectivity index (χ0n) is 21.6. The van der Waals surface area contributed by atoms with Crippen molar-refractivity contribution in [2.24, 2.45) is 0 Å². The van der Waals surface area contributed by atoms with Crippen LogP contribution in [0, 0.1) is 0 Å². The number of fused-ring (bicyclic) bond motifs is 1. The molecule has 0 spiro atoms. The SMILES string of the molecule is O=C(NCCCCNC[C@H](O)c1ccc(O)c2[nH]c(=O)ccc12)c1cccc(C(O)(C(=O)O)c2ccccc2)c1. The van der Waals surface area contributed by atoms with Crippen molar-refractivity contribution in [3.05, 3.63) is 111 Å². The molecule has 208 valence electrons. The van der Waals surface area contributed by atoms with E-state index in [4.69, 9.17) is 0 Å². The van der Waals surface area contributed by atoms with Gasteiger partial charge in [-0.3, -0.25) is 9.59 Å². The number of carbonyl (C=O) groups excluding carboxylic acids is 1. The van der Waals surface area contributed by atoms with Crippen LogP contribution in [0.1, 0.15) is 46.0 Å². The van der Waals surface area contributed by atoms with E-state index in [1.54, 1.807) is 36.4 Å². The first kappa shape index (κ1) is 28.5. The van der Waals surface area contributed by atoms with E-state index in [0.29, 0.717) is 36.9 Å². The first-order valence-corrected chi connectivity index (χ1v) is 12.9. The summed E-state index contributed by atoms with van der Waals surface area (Å²) < 4.78 is 0. The Hall–Kier alpha value is -4.51. The topological polar surface area (TPSA) is 172 Å². The number of unbranched alkanes of at least 4 members (excludes halogenated alkanes) is 1. The number of aliphatic hydroxyl groups is 2. The second kappa shape index (κ2) is 12.6. The van der Waals surface area contributed by atoms with Crippen LogP contribution in [0.25, 0.3) is 10.9 Å². The van der Waals surface area contributed by atoms with Gasteiger partial charge < -0.3 is 36.0 Å². The predicted octanol–water partition coefficient (Wildman–Crippen LogP) is 2.39. The Bertz CT molecular complexity index is 1550. The van der Waals surface area contributed by atoms with E-state index in [1.165, 1.54) is 42.5 Å². The van der Waals surface area contributed by atoms with Gasteiger partial charge >= 0.3 is 5.97 Å². The summed E-state index contributed by atoms with van der Waals surface area (Å²) in [6, 6.07) is 19.9. The van der Waals surface area contributed by atoms with Crippen LogP contribution in [0.4, 0.5) is 0 Å². The zero-order chi connectivity index (χ0) is 28.7. The molecule has 3 aromatic carbocycles. The van der Waals surface area contributed by atoms with Crippen molar-refractivity contribution in [2.45, 2.75) is 24.5 Å². The van der Waals surface area contributed by atoms with Gasteiger partial charge in [-0.25, -0.2) is 4.79 Å².